The first-order chi connectivity index (χ1) is 9.61. The van der Waals surface area contributed by atoms with Crippen molar-refractivity contribution >= 4 is 23.1 Å². The number of nitrogens with zero attached hydrogens (tertiary/aromatic N) is 2. The standard InChI is InChI=1S/C15H17ClN4/c16-11-3-1-10(2-4-11)14-7-13(8-15(18)19-14)20-6-5-12(17)9-20/h1-4,7-8,12H,5-6,9,17H2,(H2,18,19)/t12-/m1/s1. The second-order valence-corrected chi connectivity index (χ2v) is 5.57. The van der Waals surface area contributed by atoms with Crippen LogP contribution in [0.15, 0.2) is 36.4 Å². The summed E-state index contributed by atoms with van der Waals surface area (Å²) in [6, 6.07) is 11.8. The van der Waals surface area contributed by atoms with Crippen LogP contribution in [0.4, 0.5) is 11.5 Å². The summed E-state index contributed by atoms with van der Waals surface area (Å²) in [5, 5.41) is 0.711. The molecule has 0 bridgehead atoms. The van der Waals surface area contributed by atoms with Crippen molar-refractivity contribution in [2.45, 2.75) is 12.5 Å². The second-order valence-electron chi connectivity index (χ2n) is 5.14. The number of rotatable bonds is 2. The molecular formula is C15H17ClN4. The average molecular weight is 289 g/mol. The van der Waals surface area contributed by atoms with Gasteiger partial charge in [0, 0.05) is 41.5 Å². The summed E-state index contributed by atoms with van der Waals surface area (Å²) in [5.41, 5.74) is 14.8. The monoisotopic (exact) mass is 288 g/mol. The number of anilines is 2. The zero-order chi connectivity index (χ0) is 14.1. The van der Waals surface area contributed by atoms with Gasteiger partial charge in [0.15, 0.2) is 0 Å². The Morgan fingerprint density at radius 2 is 1.95 bits per heavy atom. The summed E-state index contributed by atoms with van der Waals surface area (Å²) >= 11 is 5.91. The fourth-order valence-corrected chi connectivity index (χ4v) is 2.64. The minimum atomic E-state index is 0.239. The lowest BCUT2D eigenvalue weighted by atomic mass is 10.1. The molecular weight excluding hydrogens is 272 g/mol. The van der Waals surface area contributed by atoms with Crippen LogP contribution in [0.2, 0.25) is 5.02 Å². The molecule has 0 aliphatic carbocycles. The van der Waals surface area contributed by atoms with Crippen LogP contribution in [0.5, 0.6) is 0 Å². The molecule has 4 nitrogen and oxygen atoms in total. The first kappa shape index (κ1) is 13.2. The van der Waals surface area contributed by atoms with Crippen molar-refractivity contribution in [3.8, 4) is 11.3 Å². The van der Waals surface area contributed by atoms with Gasteiger partial charge in [-0.1, -0.05) is 23.7 Å². The number of halogens is 1. The van der Waals surface area contributed by atoms with Crippen LogP contribution in [0.1, 0.15) is 6.42 Å². The SMILES string of the molecule is Nc1cc(N2CC[C@@H](N)C2)cc(-c2ccc(Cl)cc2)n1. The molecule has 1 fully saturated rings. The molecule has 1 aliphatic heterocycles. The van der Waals surface area contributed by atoms with Crippen molar-refractivity contribution in [3.05, 3.63) is 41.4 Å². The van der Waals surface area contributed by atoms with Crippen molar-refractivity contribution < 1.29 is 0 Å². The van der Waals surface area contributed by atoms with Crippen LogP contribution in [0.25, 0.3) is 11.3 Å². The van der Waals surface area contributed by atoms with Crippen LogP contribution >= 0.6 is 11.6 Å². The van der Waals surface area contributed by atoms with Crippen molar-refractivity contribution in [2.24, 2.45) is 5.73 Å². The number of pyridine rings is 1. The Morgan fingerprint density at radius 1 is 1.20 bits per heavy atom. The molecule has 20 heavy (non-hydrogen) atoms. The number of hydrogen-bond acceptors (Lipinski definition) is 4. The van der Waals surface area contributed by atoms with Gasteiger partial charge in [0.05, 0.1) is 5.69 Å². The Hall–Kier alpha value is -1.78. The Morgan fingerprint density at radius 3 is 2.60 bits per heavy atom. The molecule has 1 saturated heterocycles. The highest BCUT2D eigenvalue weighted by atomic mass is 35.5. The third-order valence-corrected chi connectivity index (χ3v) is 3.81. The summed E-state index contributed by atoms with van der Waals surface area (Å²) in [5.74, 6) is 0.521. The largest absolute Gasteiger partial charge is 0.384 e. The zero-order valence-electron chi connectivity index (χ0n) is 11.1. The summed E-state index contributed by atoms with van der Waals surface area (Å²) in [6.07, 6.45) is 1.01. The molecule has 2 heterocycles. The van der Waals surface area contributed by atoms with Gasteiger partial charge >= 0.3 is 0 Å². The smallest absolute Gasteiger partial charge is 0.126 e. The molecule has 1 aliphatic rings. The van der Waals surface area contributed by atoms with E-state index in [2.05, 4.69) is 16.0 Å². The number of nitrogens with two attached hydrogens (primary N) is 2. The Bertz CT molecular complexity index is 612. The van der Waals surface area contributed by atoms with E-state index in [9.17, 15) is 0 Å². The van der Waals surface area contributed by atoms with Crippen LogP contribution in [0.3, 0.4) is 0 Å². The Kier molecular flexibility index (Phi) is 3.51. The molecule has 0 amide bonds. The molecule has 104 valence electrons. The first-order valence-corrected chi connectivity index (χ1v) is 7.03. The van der Waals surface area contributed by atoms with E-state index in [0.29, 0.717) is 10.8 Å². The third kappa shape index (κ3) is 2.71. The number of aromatic nitrogens is 1. The van der Waals surface area contributed by atoms with E-state index in [-0.39, 0.29) is 6.04 Å². The molecule has 0 saturated carbocycles. The number of hydrogen-bond donors (Lipinski definition) is 2. The highest BCUT2D eigenvalue weighted by molar-refractivity contribution is 6.30. The van der Waals surface area contributed by atoms with Crippen molar-refractivity contribution in [3.63, 3.8) is 0 Å². The molecule has 4 N–H and O–H groups in total. The molecule has 0 radical (unpaired) electrons. The quantitative estimate of drug-likeness (QED) is 0.891. The lowest BCUT2D eigenvalue weighted by Crippen LogP contribution is -2.26. The van der Waals surface area contributed by atoms with Gasteiger partial charge < -0.3 is 16.4 Å². The lowest BCUT2D eigenvalue weighted by Gasteiger charge is -2.19. The fourth-order valence-electron chi connectivity index (χ4n) is 2.51. The van der Waals surface area contributed by atoms with Gasteiger partial charge in [-0.25, -0.2) is 4.98 Å². The van der Waals surface area contributed by atoms with Crippen molar-refractivity contribution in [2.75, 3.05) is 23.7 Å². The highest BCUT2D eigenvalue weighted by Crippen LogP contribution is 2.28. The lowest BCUT2D eigenvalue weighted by molar-refractivity contribution is 0.752. The summed E-state index contributed by atoms with van der Waals surface area (Å²) in [7, 11) is 0. The molecule has 1 atom stereocenters. The molecule has 0 spiro atoms. The predicted octanol–water partition coefficient (Wildman–Crippen LogP) is 2.52. The van der Waals surface area contributed by atoms with E-state index in [1.54, 1.807) is 0 Å². The van der Waals surface area contributed by atoms with E-state index in [4.69, 9.17) is 23.1 Å². The highest BCUT2D eigenvalue weighted by Gasteiger charge is 2.20. The molecule has 1 aromatic carbocycles. The maximum absolute atomic E-state index is 5.96. The van der Waals surface area contributed by atoms with Gasteiger partial charge in [-0.15, -0.1) is 0 Å². The van der Waals surface area contributed by atoms with Crippen molar-refractivity contribution in [1.29, 1.82) is 0 Å². The maximum atomic E-state index is 5.96. The fraction of sp³-hybridized carbons (Fsp3) is 0.267. The number of nitrogen functional groups attached to an aromatic ring is 1. The molecule has 2 aromatic rings. The van der Waals surface area contributed by atoms with Gasteiger partial charge in [-0.3, -0.25) is 0 Å². The van der Waals surface area contributed by atoms with E-state index in [0.717, 1.165) is 36.5 Å². The van der Waals surface area contributed by atoms with Gasteiger partial charge in [-0.05, 0) is 24.6 Å². The summed E-state index contributed by atoms with van der Waals surface area (Å²) in [6.45, 7) is 1.83. The minimum Gasteiger partial charge on any atom is -0.384 e. The Balaban J connectivity index is 1.96. The summed E-state index contributed by atoms with van der Waals surface area (Å²) < 4.78 is 0. The van der Waals surface area contributed by atoms with Crippen molar-refractivity contribution in [1.82, 2.24) is 4.98 Å². The van der Waals surface area contributed by atoms with Crippen LogP contribution in [-0.2, 0) is 0 Å². The first-order valence-electron chi connectivity index (χ1n) is 6.66. The van der Waals surface area contributed by atoms with E-state index < -0.39 is 0 Å². The summed E-state index contributed by atoms with van der Waals surface area (Å²) in [4.78, 5) is 6.65. The van der Waals surface area contributed by atoms with E-state index >= 15 is 0 Å². The van der Waals surface area contributed by atoms with E-state index in [1.165, 1.54) is 0 Å². The molecule has 0 unspecified atom stereocenters. The van der Waals surface area contributed by atoms with E-state index in [1.807, 2.05) is 30.3 Å². The molecule has 3 rings (SSSR count). The third-order valence-electron chi connectivity index (χ3n) is 3.56. The normalized spacial score (nSPS) is 18.5. The maximum Gasteiger partial charge on any atom is 0.126 e. The molecule has 1 aromatic heterocycles. The second kappa shape index (κ2) is 5.31. The zero-order valence-corrected chi connectivity index (χ0v) is 11.8. The van der Waals surface area contributed by atoms with Gasteiger partial charge in [0.2, 0.25) is 0 Å². The Labute approximate surface area is 123 Å². The minimum absolute atomic E-state index is 0.239. The topological polar surface area (TPSA) is 68.2 Å². The van der Waals surface area contributed by atoms with Crippen LogP contribution in [0, 0.1) is 0 Å². The van der Waals surface area contributed by atoms with Crippen LogP contribution in [-0.4, -0.2) is 24.1 Å². The van der Waals surface area contributed by atoms with Gasteiger partial charge in [-0.2, -0.15) is 0 Å². The molecule has 5 heteroatoms. The predicted molar refractivity (Wildman–Crippen MR) is 83.9 cm³/mol. The van der Waals surface area contributed by atoms with Gasteiger partial charge in [0.25, 0.3) is 0 Å². The number of benzene rings is 1. The average Bonchev–Trinajstić information content (AvgIpc) is 2.85. The van der Waals surface area contributed by atoms with Gasteiger partial charge in [0.1, 0.15) is 5.82 Å². The van der Waals surface area contributed by atoms with Crippen LogP contribution < -0.4 is 16.4 Å².